The first-order valence-electron chi connectivity index (χ1n) is 7.47. The largest absolute Gasteiger partial charge is 0.508 e. The highest BCUT2D eigenvalue weighted by Gasteiger charge is 2.24. The lowest BCUT2D eigenvalue weighted by molar-refractivity contribution is 0.186. The molecule has 20 heavy (non-hydrogen) atoms. The number of aromatic hydroxyl groups is 1. The minimum atomic E-state index is 0.148. The zero-order valence-electron chi connectivity index (χ0n) is 13.2. The molecule has 1 aromatic rings. The third-order valence-electron chi connectivity index (χ3n) is 3.75. The van der Waals surface area contributed by atoms with Crippen LogP contribution in [-0.4, -0.2) is 28.9 Å². The summed E-state index contributed by atoms with van der Waals surface area (Å²) in [6.07, 6.45) is 2.82. The van der Waals surface area contributed by atoms with Crippen molar-refractivity contribution in [3.8, 4) is 5.75 Å². The molecule has 0 bridgehead atoms. The van der Waals surface area contributed by atoms with E-state index in [2.05, 4.69) is 33.0 Å². The molecule has 0 aliphatic rings. The van der Waals surface area contributed by atoms with Gasteiger partial charge in [0.05, 0.1) is 0 Å². The second kappa shape index (κ2) is 7.65. The summed E-state index contributed by atoms with van der Waals surface area (Å²) >= 11 is 0. The molecule has 0 amide bonds. The molecule has 3 heteroatoms. The van der Waals surface area contributed by atoms with Crippen molar-refractivity contribution in [2.24, 2.45) is 5.41 Å². The number of hydrogen-bond acceptors (Lipinski definition) is 3. The lowest BCUT2D eigenvalue weighted by atomic mass is 9.84. The summed E-state index contributed by atoms with van der Waals surface area (Å²) in [5, 5.41) is 22.1. The quantitative estimate of drug-likeness (QED) is 0.719. The van der Waals surface area contributed by atoms with Crippen LogP contribution in [0, 0.1) is 5.41 Å². The first-order chi connectivity index (χ1) is 9.32. The molecule has 0 aliphatic carbocycles. The second-order valence-electron chi connectivity index (χ2n) is 6.70. The number of phenols is 1. The van der Waals surface area contributed by atoms with E-state index >= 15 is 0 Å². The third kappa shape index (κ3) is 5.93. The van der Waals surface area contributed by atoms with Crippen LogP contribution in [0.2, 0.25) is 0 Å². The maximum atomic E-state index is 9.27. The van der Waals surface area contributed by atoms with Gasteiger partial charge < -0.3 is 15.5 Å². The molecule has 0 saturated heterocycles. The van der Waals surface area contributed by atoms with Crippen molar-refractivity contribution < 1.29 is 10.2 Å². The fraction of sp³-hybridized carbons (Fsp3) is 0.647. The van der Waals surface area contributed by atoms with E-state index in [-0.39, 0.29) is 12.0 Å². The predicted octanol–water partition coefficient (Wildman–Crippen LogP) is 3.10. The number of nitrogens with one attached hydrogen (secondary N) is 1. The summed E-state index contributed by atoms with van der Waals surface area (Å²) in [6.45, 7) is 9.02. The highest BCUT2D eigenvalue weighted by Crippen LogP contribution is 2.22. The van der Waals surface area contributed by atoms with Crippen LogP contribution in [0.25, 0.3) is 0 Å². The van der Waals surface area contributed by atoms with E-state index in [0.717, 1.165) is 19.3 Å². The second-order valence-corrected chi connectivity index (χ2v) is 6.70. The van der Waals surface area contributed by atoms with Crippen LogP contribution < -0.4 is 5.32 Å². The van der Waals surface area contributed by atoms with E-state index in [4.69, 9.17) is 0 Å². The Morgan fingerprint density at radius 1 is 1.10 bits per heavy atom. The van der Waals surface area contributed by atoms with E-state index < -0.39 is 0 Å². The van der Waals surface area contributed by atoms with Crippen molar-refractivity contribution in [2.45, 2.75) is 59.0 Å². The summed E-state index contributed by atoms with van der Waals surface area (Å²) in [4.78, 5) is 0. The number of aliphatic hydroxyl groups excluding tert-OH is 1. The standard InChI is InChI=1S/C17H29NO2/c1-13(18-16(11-12-19)17(2,3)4)5-6-14-7-9-15(20)10-8-14/h7-10,13,16,18-20H,5-6,11-12H2,1-4H3. The zero-order valence-corrected chi connectivity index (χ0v) is 13.2. The molecule has 0 aliphatic heterocycles. The summed E-state index contributed by atoms with van der Waals surface area (Å²) in [5.74, 6) is 0.315. The molecule has 3 nitrogen and oxygen atoms in total. The minimum absolute atomic E-state index is 0.148. The van der Waals surface area contributed by atoms with Crippen LogP contribution in [0.1, 0.15) is 46.1 Å². The van der Waals surface area contributed by atoms with Gasteiger partial charge in [0.25, 0.3) is 0 Å². The van der Waals surface area contributed by atoms with Crippen LogP contribution in [0.5, 0.6) is 5.75 Å². The number of benzene rings is 1. The van der Waals surface area contributed by atoms with Gasteiger partial charge >= 0.3 is 0 Å². The highest BCUT2D eigenvalue weighted by atomic mass is 16.3. The maximum Gasteiger partial charge on any atom is 0.115 e. The Bertz CT molecular complexity index is 381. The summed E-state index contributed by atoms with van der Waals surface area (Å²) in [5.41, 5.74) is 1.39. The normalized spacial score (nSPS) is 15.1. The Balaban J connectivity index is 2.45. The molecular weight excluding hydrogens is 250 g/mol. The molecule has 3 N–H and O–H groups in total. The van der Waals surface area contributed by atoms with Gasteiger partial charge in [-0.25, -0.2) is 0 Å². The fourth-order valence-corrected chi connectivity index (χ4v) is 2.37. The summed E-state index contributed by atoms with van der Waals surface area (Å²) < 4.78 is 0. The summed E-state index contributed by atoms with van der Waals surface area (Å²) in [7, 11) is 0. The Kier molecular flexibility index (Phi) is 6.50. The predicted molar refractivity (Wildman–Crippen MR) is 84.0 cm³/mol. The van der Waals surface area contributed by atoms with Gasteiger partial charge in [-0.1, -0.05) is 32.9 Å². The van der Waals surface area contributed by atoms with E-state index in [1.54, 1.807) is 12.1 Å². The molecule has 114 valence electrons. The van der Waals surface area contributed by atoms with Crippen molar-refractivity contribution in [1.29, 1.82) is 0 Å². The lowest BCUT2D eigenvalue weighted by Gasteiger charge is -2.34. The van der Waals surface area contributed by atoms with Gasteiger partial charge in [-0.2, -0.15) is 0 Å². The van der Waals surface area contributed by atoms with E-state index in [0.29, 0.717) is 17.8 Å². The van der Waals surface area contributed by atoms with E-state index in [1.807, 2.05) is 12.1 Å². The first-order valence-corrected chi connectivity index (χ1v) is 7.47. The van der Waals surface area contributed by atoms with Crippen LogP contribution in [0.3, 0.4) is 0 Å². The molecule has 0 aromatic heterocycles. The molecule has 1 rings (SSSR count). The number of aliphatic hydroxyl groups is 1. The highest BCUT2D eigenvalue weighted by molar-refractivity contribution is 5.25. The van der Waals surface area contributed by atoms with Crippen LogP contribution >= 0.6 is 0 Å². The molecule has 0 heterocycles. The van der Waals surface area contributed by atoms with Gasteiger partial charge in [-0.3, -0.25) is 0 Å². The Morgan fingerprint density at radius 3 is 2.20 bits per heavy atom. The lowest BCUT2D eigenvalue weighted by Crippen LogP contribution is -2.45. The minimum Gasteiger partial charge on any atom is -0.508 e. The smallest absolute Gasteiger partial charge is 0.115 e. The molecule has 2 unspecified atom stereocenters. The van der Waals surface area contributed by atoms with Gasteiger partial charge in [0.15, 0.2) is 0 Å². The van der Waals surface area contributed by atoms with Crippen molar-refractivity contribution in [2.75, 3.05) is 6.61 Å². The van der Waals surface area contributed by atoms with Gasteiger partial charge in [0.2, 0.25) is 0 Å². The average molecular weight is 279 g/mol. The van der Waals surface area contributed by atoms with Gasteiger partial charge in [0.1, 0.15) is 5.75 Å². The fourth-order valence-electron chi connectivity index (χ4n) is 2.37. The Morgan fingerprint density at radius 2 is 1.70 bits per heavy atom. The van der Waals surface area contributed by atoms with Crippen LogP contribution in [0.15, 0.2) is 24.3 Å². The van der Waals surface area contributed by atoms with Crippen LogP contribution in [0.4, 0.5) is 0 Å². The molecule has 1 aromatic carbocycles. The Hall–Kier alpha value is -1.06. The van der Waals surface area contributed by atoms with Gasteiger partial charge in [-0.05, 0) is 49.3 Å². The van der Waals surface area contributed by atoms with Gasteiger partial charge in [0, 0.05) is 18.7 Å². The zero-order chi connectivity index (χ0) is 15.2. The molecule has 0 spiro atoms. The van der Waals surface area contributed by atoms with Crippen molar-refractivity contribution in [1.82, 2.24) is 5.32 Å². The maximum absolute atomic E-state index is 9.27. The number of rotatable bonds is 7. The van der Waals surface area contributed by atoms with Crippen molar-refractivity contribution in [3.05, 3.63) is 29.8 Å². The molecule has 0 fully saturated rings. The van der Waals surface area contributed by atoms with Crippen molar-refractivity contribution in [3.63, 3.8) is 0 Å². The third-order valence-corrected chi connectivity index (χ3v) is 3.75. The average Bonchev–Trinajstić information content (AvgIpc) is 2.36. The molecular formula is C17H29NO2. The van der Waals surface area contributed by atoms with Crippen LogP contribution in [-0.2, 0) is 6.42 Å². The SMILES string of the molecule is CC(CCc1ccc(O)cc1)NC(CCO)C(C)(C)C. The first kappa shape index (κ1) is 17.0. The topological polar surface area (TPSA) is 52.5 Å². The molecule has 2 atom stereocenters. The molecule has 0 saturated carbocycles. The van der Waals surface area contributed by atoms with Crippen molar-refractivity contribution >= 4 is 0 Å². The number of hydrogen-bond donors (Lipinski definition) is 3. The van der Waals surface area contributed by atoms with E-state index in [9.17, 15) is 10.2 Å². The van der Waals surface area contributed by atoms with E-state index in [1.165, 1.54) is 5.56 Å². The van der Waals surface area contributed by atoms with Gasteiger partial charge in [-0.15, -0.1) is 0 Å². The molecule has 0 radical (unpaired) electrons. The summed E-state index contributed by atoms with van der Waals surface area (Å²) in [6, 6.07) is 8.13. The Labute approximate surface area is 123 Å². The number of phenolic OH excluding ortho intramolecular Hbond substituents is 1. The number of aryl methyl sites for hydroxylation is 1. The monoisotopic (exact) mass is 279 g/mol.